The Morgan fingerprint density at radius 2 is 1.71 bits per heavy atom. The number of amides is 3. The normalized spacial score (nSPS) is 13.0. The van der Waals surface area contributed by atoms with Crippen LogP contribution in [0, 0.1) is 5.92 Å². The molecule has 24 heavy (non-hydrogen) atoms. The third kappa shape index (κ3) is 5.88. The molecule has 8 nitrogen and oxygen atoms in total. The first-order valence-electron chi connectivity index (χ1n) is 7.51. The second-order valence-electron chi connectivity index (χ2n) is 5.68. The summed E-state index contributed by atoms with van der Waals surface area (Å²) in [4.78, 5) is 35.1. The van der Waals surface area contributed by atoms with Gasteiger partial charge in [0.1, 0.15) is 6.04 Å². The van der Waals surface area contributed by atoms with Gasteiger partial charge in [0.2, 0.25) is 5.91 Å². The van der Waals surface area contributed by atoms with E-state index in [-0.39, 0.29) is 12.5 Å². The molecule has 1 rings (SSSR count). The van der Waals surface area contributed by atoms with Crippen LogP contribution < -0.4 is 16.4 Å². The fourth-order valence-electron chi connectivity index (χ4n) is 1.92. The molecule has 0 spiro atoms. The van der Waals surface area contributed by atoms with Crippen LogP contribution in [0.1, 0.15) is 26.3 Å². The smallest absolute Gasteiger partial charge is 0.405 e. The first-order valence-corrected chi connectivity index (χ1v) is 7.51. The van der Waals surface area contributed by atoms with Gasteiger partial charge in [-0.15, -0.1) is 0 Å². The standard InChI is InChI=1S/C16H23N3O5/c1-9(2)13(24-16(17)23)15(22)18-10(3)14(21)19-12-6-4-11(8-20)5-7-12/h4-7,9-10,13,20H,8H2,1-3H3,(H2,17,23)(H,18,22)(H,19,21)/t10-,13-/m0/s1. The van der Waals surface area contributed by atoms with E-state index in [2.05, 4.69) is 10.6 Å². The van der Waals surface area contributed by atoms with Gasteiger partial charge in [0.25, 0.3) is 5.91 Å². The maximum Gasteiger partial charge on any atom is 0.405 e. The van der Waals surface area contributed by atoms with Crippen molar-refractivity contribution in [2.75, 3.05) is 5.32 Å². The molecule has 0 radical (unpaired) electrons. The van der Waals surface area contributed by atoms with E-state index in [9.17, 15) is 14.4 Å². The second kappa shape index (κ2) is 8.88. The Morgan fingerprint density at radius 1 is 1.12 bits per heavy atom. The van der Waals surface area contributed by atoms with Crippen LogP contribution >= 0.6 is 0 Å². The summed E-state index contributed by atoms with van der Waals surface area (Å²) in [6.45, 7) is 4.81. The van der Waals surface area contributed by atoms with Crippen molar-refractivity contribution in [2.45, 2.75) is 39.5 Å². The molecule has 5 N–H and O–H groups in total. The highest BCUT2D eigenvalue weighted by molar-refractivity contribution is 5.97. The molecule has 0 aliphatic carbocycles. The number of benzene rings is 1. The number of aliphatic hydroxyl groups is 1. The van der Waals surface area contributed by atoms with Gasteiger partial charge in [0, 0.05) is 5.69 Å². The first kappa shape index (κ1) is 19.4. The maximum absolute atomic E-state index is 12.1. The van der Waals surface area contributed by atoms with Crippen molar-refractivity contribution in [3.05, 3.63) is 29.8 Å². The molecule has 0 aliphatic heterocycles. The largest absolute Gasteiger partial charge is 0.436 e. The monoisotopic (exact) mass is 337 g/mol. The maximum atomic E-state index is 12.1. The van der Waals surface area contributed by atoms with E-state index in [0.29, 0.717) is 5.69 Å². The zero-order chi connectivity index (χ0) is 18.3. The van der Waals surface area contributed by atoms with Crippen molar-refractivity contribution >= 4 is 23.6 Å². The molecule has 2 atom stereocenters. The Morgan fingerprint density at radius 3 is 2.17 bits per heavy atom. The number of aliphatic hydroxyl groups excluding tert-OH is 1. The van der Waals surface area contributed by atoms with Crippen molar-refractivity contribution in [3.8, 4) is 0 Å². The van der Waals surface area contributed by atoms with E-state index in [4.69, 9.17) is 15.6 Å². The van der Waals surface area contributed by atoms with E-state index in [0.717, 1.165) is 5.56 Å². The summed E-state index contributed by atoms with van der Waals surface area (Å²) in [5.41, 5.74) is 6.20. The highest BCUT2D eigenvalue weighted by atomic mass is 16.6. The Balaban J connectivity index is 2.64. The Kier molecular flexibility index (Phi) is 7.19. The summed E-state index contributed by atoms with van der Waals surface area (Å²) in [6.07, 6.45) is -2.12. The number of rotatable bonds is 7. The number of carbonyl (C=O) groups is 3. The SMILES string of the molecule is CC(C)[C@H](OC(N)=O)C(=O)N[C@@H](C)C(=O)Nc1ccc(CO)cc1. The van der Waals surface area contributed by atoms with Crippen LogP contribution in [0.15, 0.2) is 24.3 Å². The molecule has 0 aliphatic rings. The topological polar surface area (TPSA) is 131 Å². The number of ether oxygens (including phenoxy) is 1. The van der Waals surface area contributed by atoms with Crippen LogP contribution in [0.25, 0.3) is 0 Å². The summed E-state index contributed by atoms with van der Waals surface area (Å²) >= 11 is 0. The predicted octanol–water partition coefficient (Wildman–Crippen LogP) is 0.742. The van der Waals surface area contributed by atoms with Crippen molar-refractivity contribution in [2.24, 2.45) is 11.7 Å². The first-order chi connectivity index (χ1) is 11.2. The van der Waals surface area contributed by atoms with Gasteiger partial charge in [-0.25, -0.2) is 4.79 Å². The van der Waals surface area contributed by atoms with Crippen molar-refractivity contribution in [1.82, 2.24) is 5.32 Å². The molecule has 1 aromatic rings. The number of nitrogens with one attached hydrogen (secondary N) is 2. The quantitative estimate of drug-likeness (QED) is 0.583. The lowest BCUT2D eigenvalue weighted by atomic mass is 10.1. The average molecular weight is 337 g/mol. The summed E-state index contributed by atoms with van der Waals surface area (Å²) in [5, 5.41) is 14.1. The fourth-order valence-corrected chi connectivity index (χ4v) is 1.92. The highest BCUT2D eigenvalue weighted by Crippen LogP contribution is 2.11. The third-order valence-electron chi connectivity index (χ3n) is 3.26. The lowest BCUT2D eigenvalue weighted by molar-refractivity contribution is -0.134. The predicted molar refractivity (Wildman–Crippen MR) is 87.9 cm³/mol. The van der Waals surface area contributed by atoms with Gasteiger partial charge in [-0.2, -0.15) is 0 Å². The molecule has 0 saturated carbocycles. The minimum atomic E-state index is -1.07. The van der Waals surface area contributed by atoms with Crippen LogP contribution in [0.3, 0.4) is 0 Å². The molecular weight excluding hydrogens is 314 g/mol. The van der Waals surface area contributed by atoms with E-state index in [1.165, 1.54) is 6.92 Å². The van der Waals surface area contributed by atoms with Gasteiger partial charge in [-0.05, 0) is 30.5 Å². The molecular formula is C16H23N3O5. The molecule has 0 heterocycles. The van der Waals surface area contributed by atoms with Crippen molar-refractivity contribution < 1.29 is 24.2 Å². The number of nitrogens with two attached hydrogens (primary N) is 1. The summed E-state index contributed by atoms with van der Waals surface area (Å²) in [5.74, 6) is -1.32. The fraction of sp³-hybridized carbons (Fsp3) is 0.438. The van der Waals surface area contributed by atoms with Gasteiger partial charge in [0.05, 0.1) is 6.61 Å². The van der Waals surface area contributed by atoms with Crippen LogP contribution in [-0.4, -0.2) is 35.2 Å². The Bertz CT molecular complexity index is 586. The zero-order valence-electron chi connectivity index (χ0n) is 13.9. The van der Waals surface area contributed by atoms with Crippen molar-refractivity contribution in [1.29, 1.82) is 0 Å². The lowest BCUT2D eigenvalue weighted by Gasteiger charge is -2.22. The minimum Gasteiger partial charge on any atom is -0.436 e. The van der Waals surface area contributed by atoms with E-state index < -0.39 is 30.1 Å². The number of anilines is 1. The van der Waals surface area contributed by atoms with Crippen LogP contribution in [0.4, 0.5) is 10.5 Å². The van der Waals surface area contributed by atoms with Crippen LogP contribution in [-0.2, 0) is 20.9 Å². The molecule has 1 aromatic carbocycles. The molecule has 3 amide bonds. The average Bonchev–Trinajstić information content (AvgIpc) is 2.52. The van der Waals surface area contributed by atoms with Gasteiger partial charge in [-0.1, -0.05) is 26.0 Å². The van der Waals surface area contributed by atoms with Gasteiger partial charge < -0.3 is 26.2 Å². The molecule has 0 aromatic heterocycles. The number of hydrogen-bond donors (Lipinski definition) is 4. The highest BCUT2D eigenvalue weighted by Gasteiger charge is 2.28. The van der Waals surface area contributed by atoms with E-state index in [1.54, 1.807) is 38.1 Å². The summed E-state index contributed by atoms with van der Waals surface area (Å²) in [7, 11) is 0. The lowest BCUT2D eigenvalue weighted by Crippen LogP contribution is -2.49. The summed E-state index contributed by atoms with van der Waals surface area (Å²) in [6, 6.07) is 5.80. The van der Waals surface area contributed by atoms with Crippen LogP contribution in [0.5, 0.6) is 0 Å². The summed E-state index contributed by atoms with van der Waals surface area (Å²) < 4.78 is 4.77. The van der Waals surface area contributed by atoms with Crippen molar-refractivity contribution in [3.63, 3.8) is 0 Å². The Hall–Kier alpha value is -2.61. The molecule has 0 bridgehead atoms. The second-order valence-corrected chi connectivity index (χ2v) is 5.68. The van der Waals surface area contributed by atoms with E-state index >= 15 is 0 Å². The molecule has 0 saturated heterocycles. The van der Waals surface area contributed by atoms with Gasteiger partial charge in [0.15, 0.2) is 6.10 Å². The Labute approximate surface area is 140 Å². The van der Waals surface area contributed by atoms with Gasteiger partial charge in [-0.3, -0.25) is 9.59 Å². The molecule has 0 unspecified atom stereocenters. The minimum absolute atomic E-state index is 0.0862. The number of hydrogen-bond acceptors (Lipinski definition) is 5. The number of carbonyl (C=O) groups excluding carboxylic acids is 3. The van der Waals surface area contributed by atoms with E-state index in [1.807, 2.05) is 0 Å². The molecule has 132 valence electrons. The molecule has 0 fully saturated rings. The molecule has 8 heteroatoms. The van der Waals surface area contributed by atoms with Gasteiger partial charge >= 0.3 is 6.09 Å². The zero-order valence-corrected chi connectivity index (χ0v) is 13.9. The third-order valence-corrected chi connectivity index (χ3v) is 3.26. The van der Waals surface area contributed by atoms with Crippen LogP contribution in [0.2, 0.25) is 0 Å². The number of primary amides is 1.